The molecule has 0 unspecified atom stereocenters. The number of ether oxygens (including phenoxy) is 4. The Kier molecular flexibility index (Phi) is 51.5. The molecule has 0 spiro atoms. The topological polar surface area (TPSA) is 36.9 Å². The minimum atomic E-state index is 0.718. The second kappa shape index (κ2) is 53.2. The summed E-state index contributed by atoms with van der Waals surface area (Å²) in [5, 5.41) is 0. The van der Waals surface area contributed by atoms with E-state index in [4.69, 9.17) is 18.9 Å². The Bertz CT molecular complexity index is 1000. The van der Waals surface area contributed by atoms with Crippen molar-refractivity contribution in [2.24, 2.45) is 0 Å². The van der Waals surface area contributed by atoms with Crippen molar-refractivity contribution in [2.45, 2.75) is 336 Å². The number of benzene rings is 1. The Morgan fingerprint density at radius 1 is 0.191 bits per heavy atom. The summed E-state index contributed by atoms with van der Waals surface area (Å²) >= 11 is 4.98. The molecule has 0 heterocycles. The van der Waals surface area contributed by atoms with Crippen LogP contribution in [-0.4, -0.2) is 26.4 Å². The lowest BCUT2D eigenvalue weighted by molar-refractivity contribution is 0.233. The number of hydrogen-bond donors (Lipinski definition) is 0. The van der Waals surface area contributed by atoms with E-state index >= 15 is 0 Å². The van der Waals surface area contributed by atoms with Crippen LogP contribution in [0.1, 0.15) is 336 Å². The molecule has 4 nitrogen and oxygen atoms in total. The molecular weight excluding hydrogens is 1060 g/mol. The standard InChI is InChI=1S/C62H116I2O4/c1-5-9-13-17-21-25-29-33-37-41-45-49-53-65-59-57(63)61(67-55-51-47-43-39-35-31-27-23-19-15-11-7-3)62(68-56-52-48-44-40-36-32-28-24-20-16-12-8-4)58(64)60(59)66-54-50-46-42-38-34-30-26-22-18-14-10-6-2/h5-56H2,1-4H3. The summed E-state index contributed by atoms with van der Waals surface area (Å²) in [5.74, 6) is 3.50. The Morgan fingerprint density at radius 2 is 0.309 bits per heavy atom. The molecule has 402 valence electrons. The summed E-state index contributed by atoms with van der Waals surface area (Å²) in [4.78, 5) is 0. The molecule has 68 heavy (non-hydrogen) atoms. The fourth-order valence-corrected chi connectivity index (χ4v) is 11.2. The number of unbranched alkanes of at least 4 members (excludes halogenated alkanes) is 44. The summed E-state index contributed by atoms with van der Waals surface area (Å²) in [6.45, 7) is 12.1. The first-order valence-electron chi connectivity index (χ1n) is 30.7. The minimum Gasteiger partial charge on any atom is -0.488 e. The average molecular weight is 1180 g/mol. The molecule has 0 atom stereocenters. The third-order valence-electron chi connectivity index (χ3n) is 14.2. The highest BCUT2D eigenvalue weighted by atomic mass is 127. The third kappa shape index (κ3) is 39.4. The predicted octanol–water partition coefficient (Wildman–Crippen LogP) is 23.2. The summed E-state index contributed by atoms with van der Waals surface area (Å²) in [7, 11) is 0. The lowest BCUT2D eigenvalue weighted by atomic mass is 10.1. The van der Waals surface area contributed by atoms with Gasteiger partial charge in [-0.2, -0.15) is 0 Å². The minimum absolute atomic E-state index is 0.718. The molecule has 0 aliphatic rings. The van der Waals surface area contributed by atoms with Crippen LogP contribution >= 0.6 is 45.2 Å². The van der Waals surface area contributed by atoms with Crippen molar-refractivity contribution in [1.29, 1.82) is 0 Å². The van der Waals surface area contributed by atoms with E-state index in [-0.39, 0.29) is 0 Å². The molecule has 1 rings (SSSR count). The van der Waals surface area contributed by atoms with E-state index in [0.29, 0.717) is 0 Å². The Labute approximate surface area is 453 Å². The highest BCUT2D eigenvalue weighted by Crippen LogP contribution is 2.50. The van der Waals surface area contributed by atoms with Crippen molar-refractivity contribution in [2.75, 3.05) is 26.4 Å². The zero-order valence-corrected chi connectivity index (χ0v) is 50.5. The average Bonchev–Trinajstić information content (AvgIpc) is 3.34. The number of hydrogen-bond acceptors (Lipinski definition) is 4. The highest BCUT2D eigenvalue weighted by Gasteiger charge is 2.27. The second-order valence-corrected chi connectivity index (χ2v) is 23.1. The van der Waals surface area contributed by atoms with E-state index < -0.39 is 0 Å². The van der Waals surface area contributed by atoms with Gasteiger partial charge in [-0.05, 0) is 70.9 Å². The van der Waals surface area contributed by atoms with Gasteiger partial charge in [0.2, 0.25) is 0 Å². The maximum Gasteiger partial charge on any atom is 0.179 e. The highest BCUT2D eigenvalue weighted by molar-refractivity contribution is 14.1. The zero-order valence-electron chi connectivity index (χ0n) is 46.2. The van der Waals surface area contributed by atoms with Crippen molar-refractivity contribution in [3.8, 4) is 23.0 Å². The van der Waals surface area contributed by atoms with Gasteiger partial charge in [-0.15, -0.1) is 0 Å². The lowest BCUT2D eigenvalue weighted by Gasteiger charge is -2.23. The van der Waals surface area contributed by atoms with Crippen LogP contribution in [0.2, 0.25) is 0 Å². The van der Waals surface area contributed by atoms with E-state index in [9.17, 15) is 0 Å². The normalized spacial score (nSPS) is 11.5. The van der Waals surface area contributed by atoms with Crippen LogP contribution in [0.25, 0.3) is 0 Å². The van der Waals surface area contributed by atoms with Crippen LogP contribution in [-0.2, 0) is 0 Å². The smallest absolute Gasteiger partial charge is 0.179 e. The molecule has 0 saturated carbocycles. The SMILES string of the molecule is CCCCCCCCCCCCCCOc1c(I)c(OCCCCCCCCCCCCCC)c(OCCCCCCCCCCCCCC)c(I)c1OCCCCCCCCCCCCCC. The second-order valence-electron chi connectivity index (χ2n) is 20.9. The monoisotopic (exact) mass is 1180 g/mol. The zero-order chi connectivity index (χ0) is 49.1. The Balaban J connectivity index is 2.90. The van der Waals surface area contributed by atoms with Gasteiger partial charge in [-0.1, -0.05) is 310 Å². The maximum atomic E-state index is 6.77. The van der Waals surface area contributed by atoms with Crippen molar-refractivity contribution in [1.82, 2.24) is 0 Å². The lowest BCUT2D eigenvalue weighted by Crippen LogP contribution is -2.11. The maximum absolute atomic E-state index is 6.77. The molecule has 0 saturated heterocycles. The summed E-state index contributed by atoms with van der Waals surface area (Å²) in [6, 6.07) is 0. The fraction of sp³-hybridized carbons (Fsp3) is 0.903. The molecule has 0 radical (unpaired) electrons. The van der Waals surface area contributed by atoms with Crippen molar-refractivity contribution in [3.05, 3.63) is 7.14 Å². The molecule has 0 amide bonds. The third-order valence-corrected chi connectivity index (χ3v) is 16.1. The number of rotatable bonds is 56. The molecule has 1 aromatic carbocycles. The van der Waals surface area contributed by atoms with Crippen LogP contribution < -0.4 is 18.9 Å². The Hall–Kier alpha value is -0.120. The first-order valence-corrected chi connectivity index (χ1v) is 32.8. The molecule has 0 fully saturated rings. The van der Waals surface area contributed by atoms with E-state index in [1.165, 1.54) is 283 Å². The number of halogens is 2. The van der Waals surface area contributed by atoms with E-state index in [1.54, 1.807) is 0 Å². The first-order chi connectivity index (χ1) is 33.6. The van der Waals surface area contributed by atoms with Gasteiger partial charge < -0.3 is 18.9 Å². The molecule has 0 aromatic heterocycles. The molecule has 0 aliphatic carbocycles. The van der Waals surface area contributed by atoms with Crippen molar-refractivity contribution >= 4 is 45.2 Å². The molecule has 0 aliphatic heterocycles. The van der Waals surface area contributed by atoms with Gasteiger partial charge in [0.15, 0.2) is 23.0 Å². The van der Waals surface area contributed by atoms with E-state index in [0.717, 1.165) is 82.2 Å². The molecular formula is C62H116I2O4. The van der Waals surface area contributed by atoms with Gasteiger partial charge in [-0.3, -0.25) is 0 Å². The van der Waals surface area contributed by atoms with E-state index in [1.807, 2.05) is 0 Å². The van der Waals surface area contributed by atoms with Gasteiger partial charge in [0, 0.05) is 0 Å². The first kappa shape index (κ1) is 65.9. The largest absolute Gasteiger partial charge is 0.488 e. The van der Waals surface area contributed by atoms with E-state index in [2.05, 4.69) is 72.9 Å². The van der Waals surface area contributed by atoms with Crippen molar-refractivity contribution < 1.29 is 18.9 Å². The van der Waals surface area contributed by atoms with Crippen LogP contribution in [0, 0.1) is 7.14 Å². The molecule has 1 aromatic rings. The van der Waals surface area contributed by atoms with Gasteiger partial charge in [-0.25, -0.2) is 0 Å². The van der Waals surface area contributed by atoms with Crippen molar-refractivity contribution in [3.63, 3.8) is 0 Å². The van der Waals surface area contributed by atoms with Gasteiger partial charge in [0.25, 0.3) is 0 Å². The summed E-state index contributed by atoms with van der Waals surface area (Å²) < 4.78 is 29.1. The van der Waals surface area contributed by atoms with Crippen LogP contribution in [0.4, 0.5) is 0 Å². The summed E-state index contributed by atoms with van der Waals surface area (Å²) in [6.07, 6.45) is 64.6. The van der Waals surface area contributed by atoms with Gasteiger partial charge in [0.05, 0.1) is 26.4 Å². The van der Waals surface area contributed by atoms with Crippen LogP contribution in [0.5, 0.6) is 23.0 Å². The molecule has 0 N–H and O–H groups in total. The Morgan fingerprint density at radius 3 is 0.441 bits per heavy atom. The molecule has 0 bridgehead atoms. The van der Waals surface area contributed by atoms with Crippen LogP contribution in [0.15, 0.2) is 0 Å². The quantitative estimate of drug-likeness (QED) is 0.0481. The van der Waals surface area contributed by atoms with Crippen LogP contribution in [0.3, 0.4) is 0 Å². The fourth-order valence-electron chi connectivity index (χ4n) is 9.59. The van der Waals surface area contributed by atoms with Gasteiger partial charge in [0.1, 0.15) is 7.14 Å². The van der Waals surface area contributed by atoms with Gasteiger partial charge >= 0.3 is 0 Å². The predicted molar refractivity (Wildman–Crippen MR) is 318 cm³/mol. The molecule has 6 heteroatoms. The summed E-state index contributed by atoms with van der Waals surface area (Å²) in [5.41, 5.74) is 0.